The van der Waals surface area contributed by atoms with E-state index in [9.17, 15) is 9.59 Å². The molecular weight excluding hydrogens is 434 g/mol. The van der Waals surface area contributed by atoms with E-state index >= 15 is 0 Å². The third-order valence-corrected chi connectivity index (χ3v) is 6.96. The SMILES string of the molecule is O=C(Nc1ccccc1)C1CCN(C(=O)CSc2nc(C3CC3)n(-c3ccccc3)n2)CC1. The number of para-hydroxylation sites is 2. The first-order valence-corrected chi connectivity index (χ1v) is 12.4. The molecule has 1 saturated heterocycles. The van der Waals surface area contributed by atoms with Crippen molar-refractivity contribution in [3.05, 3.63) is 66.5 Å². The minimum atomic E-state index is -0.0637. The molecule has 1 aromatic heterocycles. The second-order valence-corrected chi connectivity index (χ2v) is 9.52. The van der Waals surface area contributed by atoms with Crippen molar-refractivity contribution in [2.24, 2.45) is 5.92 Å². The normalized spacial score (nSPS) is 16.5. The fraction of sp³-hybridized carbons (Fsp3) is 0.360. The van der Waals surface area contributed by atoms with Crippen LogP contribution in [0.4, 0.5) is 5.69 Å². The average Bonchev–Trinajstić information content (AvgIpc) is 3.62. The summed E-state index contributed by atoms with van der Waals surface area (Å²) in [7, 11) is 0. The number of nitrogens with one attached hydrogen (secondary N) is 1. The Hall–Kier alpha value is -3.13. The highest BCUT2D eigenvalue weighted by Crippen LogP contribution is 2.40. The van der Waals surface area contributed by atoms with Crippen LogP contribution in [0, 0.1) is 5.92 Å². The van der Waals surface area contributed by atoms with Crippen LogP contribution in [0.5, 0.6) is 0 Å². The van der Waals surface area contributed by atoms with Gasteiger partial charge in [0.05, 0.1) is 11.4 Å². The average molecular weight is 462 g/mol. The van der Waals surface area contributed by atoms with Crippen LogP contribution >= 0.6 is 11.8 Å². The predicted molar refractivity (Wildman–Crippen MR) is 128 cm³/mol. The lowest BCUT2D eigenvalue weighted by atomic mass is 9.96. The van der Waals surface area contributed by atoms with Crippen LogP contribution in [0.2, 0.25) is 0 Å². The quantitative estimate of drug-likeness (QED) is 0.536. The number of carbonyl (C=O) groups is 2. The summed E-state index contributed by atoms with van der Waals surface area (Å²) >= 11 is 1.39. The lowest BCUT2D eigenvalue weighted by Gasteiger charge is -2.31. The van der Waals surface area contributed by atoms with Gasteiger partial charge in [0.2, 0.25) is 17.0 Å². The standard InChI is InChI=1S/C25H27N5O2S/c31-22(29-15-13-19(14-16-29)24(32)26-20-7-3-1-4-8-20)17-33-25-27-23(18-11-12-18)30(28-25)21-9-5-2-6-10-21/h1-10,18-19H,11-17H2,(H,26,32). The van der Waals surface area contributed by atoms with Gasteiger partial charge in [-0.1, -0.05) is 48.2 Å². The molecule has 2 heterocycles. The smallest absolute Gasteiger partial charge is 0.233 e. The Kier molecular flexibility index (Phi) is 6.44. The molecule has 0 atom stereocenters. The molecule has 1 N–H and O–H groups in total. The number of carbonyl (C=O) groups excluding carboxylic acids is 2. The summed E-state index contributed by atoms with van der Waals surface area (Å²) in [5, 5.41) is 8.30. The summed E-state index contributed by atoms with van der Waals surface area (Å²) in [4.78, 5) is 31.9. The monoisotopic (exact) mass is 461 g/mol. The molecule has 1 saturated carbocycles. The van der Waals surface area contributed by atoms with Crippen LogP contribution in [-0.2, 0) is 9.59 Å². The zero-order valence-electron chi connectivity index (χ0n) is 18.4. The molecule has 1 aliphatic heterocycles. The number of rotatable bonds is 7. The number of thioether (sulfide) groups is 1. The number of hydrogen-bond acceptors (Lipinski definition) is 5. The Morgan fingerprint density at radius 1 is 0.939 bits per heavy atom. The number of benzene rings is 2. The van der Waals surface area contributed by atoms with Gasteiger partial charge in [-0.2, -0.15) is 0 Å². The van der Waals surface area contributed by atoms with Crippen LogP contribution in [0.1, 0.15) is 37.4 Å². The molecule has 2 aliphatic rings. The van der Waals surface area contributed by atoms with Crippen LogP contribution in [-0.4, -0.2) is 50.3 Å². The maximum absolute atomic E-state index is 12.8. The number of likely N-dealkylation sites (tertiary alicyclic amines) is 1. The highest BCUT2D eigenvalue weighted by molar-refractivity contribution is 7.99. The van der Waals surface area contributed by atoms with E-state index in [0.717, 1.165) is 30.0 Å². The van der Waals surface area contributed by atoms with Gasteiger partial charge in [-0.3, -0.25) is 9.59 Å². The number of piperidine rings is 1. The van der Waals surface area contributed by atoms with E-state index < -0.39 is 0 Å². The van der Waals surface area contributed by atoms with Gasteiger partial charge in [0.25, 0.3) is 0 Å². The van der Waals surface area contributed by atoms with Crippen molar-refractivity contribution in [1.29, 1.82) is 0 Å². The molecule has 33 heavy (non-hydrogen) atoms. The van der Waals surface area contributed by atoms with Crippen molar-refractivity contribution < 1.29 is 9.59 Å². The molecule has 0 bridgehead atoms. The summed E-state index contributed by atoms with van der Waals surface area (Å²) in [6, 6.07) is 19.5. The van der Waals surface area contributed by atoms with Crippen LogP contribution in [0.3, 0.4) is 0 Å². The van der Waals surface area contributed by atoms with E-state index in [1.807, 2.05) is 70.2 Å². The van der Waals surface area contributed by atoms with E-state index in [1.165, 1.54) is 11.8 Å². The molecule has 0 spiro atoms. The Balaban J connectivity index is 1.14. The van der Waals surface area contributed by atoms with Gasteiger partial charge < -0.3 is 10.2 Å². The first-order chi connectivity index (χ1) is 16.2. The number of amides is 2. The van der Waals surface area contributed by atoms with Crippen molar-refractivity contribution in [1.82, 2.24) is 19.7 Å². The molecule has 170 valence electrons. The predicted octanol–water partition coefficient (Wildman–Crippen LogP) is 4.11. The summed E-state index contributed by atoms with van der Waals surface area (Å²) in [6.45, 7) is 1.21. The molecule has 5 rings (SSSR count). The molecule has 0 unspecified atom stereocenters. The fourth-order valence-electron chi connectivity index (χ4n) is 4.11. The van der Waals surface area contributed by atoms with Gasteiger partial charge in [0.15, 0.2) is 0 Å². The van der Waals surface area contributed by atoms with E-state index in [4.69, 9.17) is 4.98 Å². The summed E-state index contributed by atoms with van der Waals surface area (Å²) in [5.74, 6) is 1.80. The third kappa shape index (κ3) is 5.27. The largest absolute Gasteiger partial charge is 0.342 e. The summed E-state index contributed by atoms with van der Waals surface area (Å²) in [5.41, 5.74) is 1.81. The van der Waals surface area contributed by atoms with Crippen molar-refractivity contribution in [3.63, 3.8) is 0 Å². The first-order valence-electron chi connectivity index (χ1n) is 11.5. The van der Waals surface area contributed by atoms with Crippen LogP contribution in [0.15, 0.2) is 65.8 Å². The Bertz CT molecular complexity index is 1110. The molecule has 2 fully saturated rings. The molecule has 2 aromatic carbocycles. The molecular formula is C25H27N5O2S. The lowest BCUT2D eigenvalue weighted by Crippen LogP contribution is -2.42. The summed E-state index contributed by atoms with van der Waals surface area (Å²) in [6.07, 6.45) is 3.65. The molecule has 8 heteroatoms. The van der Waals surface area contributed by atoms with Crippen molar-refractivity contribution in [2.45, 2.75) is 36.8 Å². The third-order valence-electron chi connectivity index (χ3n) is 6.14. The van der Waals surface area contributed by atoms with Gasteiger partial charge >= 0.3 is 0 Å². The molecule has 7 nitrogen and oxygen atoms in total. The minimum Gasteiger partial charge on any atom is -0.342 e. The fourth-order valence-corrected chi connectivity index (χ4v) is 4.84. The van der Waals surface area contributed by atoms with Gasteiger partial charge in [0.1, 0.15) is 5.82 Å². The van der Waals surface area contributed by atoms with Crippen LogP contribution < -0.4 is 5.32 Å². The second kappa shape index (κ2) is 9.79. The Morgan fingerprint density at radius 2 is 1.61 bits per heavy atom. The Morgan fingerprint density at radius 3 is 2.27 bits per heavy atom. The number of nitrogens with zero attached hydrogens (tertiary/aromatic N) is 4. The number of hydrogen-bond donors (Lipinski definition) is 1. The molecule has 0 radical (unpaired) electrons. The zero-order valence-corrected chi connectivity index (χ0v) is 19.2. The van der Waals surface area contributed by atoms with E-state index in [0.29, 0.717) is 42.8 Å². The Labute approximate surface area is 197 Å². The van der Waals surface area contributed by atoms with Gasteiger partial charge in [-0.15, -0.1) is 5.10 Å². The van der Waals surface area contributed by atoms with Crippen molar-refractivity contribution in [2.75, 3.05) is 24.2 Å². The second-order valence-electron chi connectivity index (χ2n) is 8.57. The highest BCUT2D eigenvalue weighted by atomic mass is 32.2. The van der Waals surface area contributed by atoms with Crippen molar-refractivity contribution in [3.8, 4) is 5.69 Å². The van der Waals surface area contributed by atoms with Gasteiger partial charge in [-0.25, -0.2) is 9.67 Å². The van der Waals surface area contributed by atoms with E-state index in [-0.39, 0.29) is 17.7 Å². The molecule has 3 aromatic rings. The molecule has 2 amide bonds. The highest BCUT2D eigenvalue weighted by Gasteiger charge is 2.31. The number of anilines is 1. The summed E-state index contributed by atoms with van der Waals surface area (Å²) < 4.78 is 1.92. The number of aromatic nitrogens is 3. The molecule has 1 aliphatic carbocycles. The zero-order chi connectivity index (χ0) is 22.6. The van der Waals surface area contributed by atoms with E-state index in [2.05, 4.69) is 10.4 Å². The van der Waals surface area contributed by atoms with Crippen LogP contribution in [0.25, 0.3) is 5.69 Å². The van der Waals surface area contributed by atoms with Crippen molar-refractivity contribution >= 4 is 29.3 Å². The minimum absolute atomic E-state index is 0.0333. The van der Waals surface area contributed by atoms with E-state index in [1.54, 1.807) is 0 Å². The van der Waals surface area contributed by atoms with Gasteiger partial charge in [0, 0.05) is 30.6 Å². The maximum atomic E-state index is 12.8. The topological polar surface area (TPSA) is 80.1 Å². The first kappa shape index (κ1) is 21.7. The lowest BCUT2D eigenvalue weighted by molar-refractivity contribution is -0.132. The maximum Gasteiger partial charge on any atom is 0.233 e. The van der Waals surface area contributed by atoms with Gasteiger partial charge in [-0.05, 0) is 49.9 Å².